The van der Waals surface area contributed by atoms with Crippen LogP contribution in [0.4, 0.5) is 0 Å². The van der Waals surface area contributed by atoms with Gasteiger partial charge < -0.3 is 4.74 Å². The molecule has 0 bridgehead atoms. The first-order chi connectivity index (χ1) is 23.3. The summed E-state index contributed by atoms with van der Waals surface area (Å²) in [6.45, 7) is 4.61. The van der Waals surface area contributed by atoms with Gasteiger partial charge in [0.25, 0.3) is 0 Å². The molecule has 0 N–H and O–H groups in total. The van der Waals surface area contributed by atoms with Gasteiger partial charge in [-0.3, -0.25) is 0 Å². The Morgan fingerprint density at radius 1 is 0.319 bits per heavy atom. The monoisotopic (exact) mass is 647 g/mol. The van der Waals surface area contributed by atoms with Crippen LogP contribution in [0.5, 0.6) is 11.5 Å². The molecule has 0 saturated heterocycles. The van der Waals surface area contributed by atoms with Gasteiger partial charge in [0, 0.05) is 0 Å². The van der Waals surface area contributed by atoms with E-state index < -0.39 is 0 Å². The number of ether oxygens (including phenoxy) is 1. The fraction of sp³-hybridized carbons (Fsp3) is 0.739. The Labute approximate surface area is 294 Å². The van der Waals surface area contributed by atoms with Crippen LogP contribution in [0.25, 0.3) is 0 Å². The van der Waals surface area contributed by atoms with Gasteiger partial charge in [-0.2, -0.15) is 0 Å². The van der Waals surface area contributed by atoms with Crippen molar-refractivity contribution in [1.29, 1.82) is 0 Å². The van der Waals surface area contributed by atoms with Crippen LogP contribution < -0.4 is 4.74 Å². The maximum absolute atomic E-state index is 6.32. The SMILES string of the molecule is CCCCCCCCCCCCCCCCCc1cc(CCCCCCCCCCCCCCCCC)cc(Oc2ccccc2)c1. The van der Waals surface area contributed by atoms with Gasteiger partial charge in [0.05, 0.1) is 0 Å². The van der Waals surface area contributed by atoms with E-state index in [1.54, 1.807) is 0 Å². The first kappa shape index (κ1) is 41.4. The van der Waals surface area contributed by atoms with E-state index in [0.717, 1.165) is 11.5 Å². The van der Waals surface area contributed by atoms with Gasteiger partial charge in [-0.05, 0) is 61.1 Å². The van der Waals surface area contributed by atoms with E-state index in [4.69, 9.17) is 4.74 Å². The Balaban J connectivity index is 1.57. The van der Waals surface area contributed by atoms with Gasteiger partial charge >= 0.3 is 0 Å². The maximum Gasteiger partial charge on any atom is 0.127 e. The van der Waals surface area contributed by atoms with Gasteiger partial charge in [-0.15, -0.1) is 0 Å². The molecule has 1 heteroatoms. The fourth-order valence-corrected chi connectivity index (χ4v) is 7.10. The number of rotatable bonds is 34. The van der Waals surface area contributed by atoms with Crippen LogP contribution in [0.1, 0.15) is 218 Å². The molecule has 0 aliphatic carbocycles. The lowest BCUT2D eigenvalue weighted by molar-refractivity contribution is 0.480. The Morgan fingerprint density at radius 3 is 0.936 bits per heavy atom. The Morgan fingerprint density at radius 2 is 0.617 bits per heavy atom. The van der Waals surface area contributed by atoms with E-state index in [1.807, 2.05) is 0 Å². The van der Waals surface area contributed by atoms with Crippen molar-refractivity contribution in [1.82, 2.24) is 0 Å². The normalized spacial score (nSPS) is 11.4. The van der Waals surface area contributed by atoms with Gasteiger partial charge in [0.1, 0.15) is 11.5 Å². The third kappa shape index (κ3) is 25.0. The molecule has 47 heavy (non-hydrogen) atoms. The predicted molar refractivity (Wildman–Crippen MR) is 210 cm³/mol. The number of aryl methyl sites for hydroxylation is 2. The largest absolute Gasteiger partial charge is 0.457 e. The van der Waals surface area contributed by atoms with E-state index >= 15 is 0 Å². The third-order valence-corrected chi connectivity index (χ3v) is 10.1. The minimum atomic E-state index is 0.939. The Kier molecular flexibility index (Phi) is 27.8. The maximum atomic E-state index is 6.32. The summed E-state index contributed by atoms with van der Waals surface area (Å²) in [5.74, 6) is 1.96. The molecule has 0 amide bonds. The van der Waals surface area contributed by atoms with Crippen molar-refractivity contribution >= 4 is 0 Å². The van der Waals surface area contributed by atoms with Crippen LogP contribution in [0.3, 0.4) is 0 Å². The van der Waals surface area contributed by atoms with Crippen LogP contribution in [0.15, 0.2) is 48.5 Å². The second-order valence-electron chi connectivity index (χ2n) is 14.8. The second-order valence-corrected chi connectivity index (χ2v) is 14.8. The molecular formula is C46H78O. The summed E-state index contributed by atoms with van der Waals surface area (Å²) in [6, 6.07) is 17.4. The molecule has 268 valence electrons. The highest BCUT2D eigenvalue weighted by molar-refractivity contribution is 5.38. The molecule has 2 rings (SSSR count). The van der Waals surface area contributed by atoms with Gasteiger partial charge in [0.2, 0.25) is 0 Å². The predicted octanol–water partition coefficient (Wildman–Crippen LogP) is 16.3. The summed E-state index contributed by atoms with van der Waals surface area (Å²) >= 11 is 0. The van der Waals surface area contributed by atoms with Crippen molar-refractivity contribution in [2.24, 2.45) is 0 Å². The first-order valence-corrected chi connectivity index (χ1v) is 21.2. The molecule has 2 aromatic rings. The lowest BCUT2D eigenvalue weighted by Gasteiger charge is -2.12. The number of benzene rings is 2. The third-order valence-electron chi connectivity index (χ3n) is 10.1. The van der Waals surface area contributed by atoms with Crippen LogP contribution in [0.2, 0.25) is 0 Å². The zero-order chi connectivity index (χ0) is 33.3. The summed E-state index contributed by atoms with van der Waals surface area (Å²) in [6.07, 6.45) is 45.0. The molecular weight excluding hydrogens is 569 g/mol. The van der Waals surface area contributed by atoms with Crippen molar-refractivity contribution in [2.45, 2.75) is 219 Å². The van der Waals surface area contributed by atoms with Crippen LogP contribution in [-0.2, 0) is 12.8 Å². The molecule has 0 aliphatic heterocycles. The molecule has 0 fully saturated rings. The molecule has 0 atom stereocenters. The topological polar surface area (TPSA) is 9.23 Å². The summed E-state index contributed by atoms with van der Waals surface area (Å²) < 4.78 is 6.32. The lowest BCUT2D eigenvalue weighted by Crippen LogP contribution is -1.94. The van der Waals surface area contributed by atoms with Crippen LogP contribution in [-0.4, -0.2) is 0 Å². The molecule has 0 radical (unpaired) electrons. The van der Waals surface area contributed by atoms with Crippen molar-refractivity contribution in [3.63, 3.8) is 0 Å². The number of hydrogen-bond acceptors (Lipinski definition) is 1. The Bertz CT molecular complexity index is 866. The lowest BCUT2D eigenvalue weighted by atomic mass is 9.99. The van der Waals surface area contributed by atoms with E-state index in [-0.39, 0.29) is 0 Å². The van der Waals surface area contributed by atoms with E-state index in [2.05, 4.69) is 62.4 Å². The molecule has 0 aliphatic rings. The number of unbranched alkanes of at least 4 members (excludes halogenated alkanes) is 28. The zero-order valence-corrected chi connectivity index (χ0v) is 31.7. The highest BCUT2D eigenvalue weighted by atomic mass is 16.5. The van der Waals surface area contributed by atoms with Gasteiger partial charge in [-0.1, -0.05) is 218 Å². The number of para-hydroxylation sites is 1. The quantitative estimate of drug-likeness (QED) is 0.0687. The van der Waals surface area contributed by atoms with Crippen LogP contribution >= 0.6 is 0 Å². The smallest absolute Gasteiger partial charge is 0.127 e. The molecule has 2 aromatic carbocycles. The fourth-order valence-electron chi connectivity index (χ4n) is 7.10. The highest BCUT2D eigenvalue weighted by Crippen LogP contribution is 2.26. The van der Waals surface area contributed by atoms with Crippen molar-refractivity contribution < 1.29 is 4.74 Å². The minimum absolute atomic E-state index is 0.939. The first-order valence-electron chi connectivity index (χ1n) is 21.2. The van der Waals surface area contributed by atoms with Crippen molar-refractivity contribution in [3.8, 4) is 11.5 Å². The van der Waals surface area contributed by atoms with E-state index in [1.165, 1.54) is 217 Å². The molecule has 0 spiro atoms. The summed E-state index contributed by atoms with van der Waals surface area (Å²) in [5, 5.41) is 0. The highest BCUT2D eigenvalue weighted by Gasteiger charge is 2.05. The van der Waals surface area contributed by atoms with Crippen molar-refractivity contribution in [3.05, 3.63) is 59.7 Å². The summed E-state index contributed by atoms with van der Waals surface area (Å²) in [4.78, 5) is 0. The van der Waals surface area contributed by atoms with Crippen molar-refractivity contribution in [2.75, 3.05) is 0 Å². The average Bonchev–Trinajstić information content (AvgIpc) is 3.08. The van der Waals surface area contributed by atoms with Gasteiger partial charge in [0.15, 0.2) is 0 Å². The van der Waals surface area contributed by atoms with Crippen LogP contribution in [0, 0.1) is 0 Å². The summed E-state index contributed by atoms with van der Waals surface area (Å²) in [7, 11) is 0. The second kappa shape index (κ2) is 31.5. The minimum Gasteiger partial charge on any atom is -0.457 e. The zero-order valence-electron chi connectivity index (χ0n) is 31.7. The van der Waals surface area contributed by atoms with E-state index in [0.29, 0.717) is 0 Å². The molecule has 0 aromatic heterocycles. The Hall–Kier alpha value is -1.76. The average molecular weight is 647 g/mol. The molecule has 1 nitrogen and oxygen atoms in total. The van der Waals surface area contributed by atoms with E-state index in [9.17, 15) is 0 Å². The molecule has 0 unspecified atom stereocenters. The van der Waals surface area contributed by atoms with Gasteiger partial charge in [-0.25, -0.2) is 0 Å². The standard InChI is InChI=1S/C46H78O/c1-3-5-7-9-11-13-15-17-19-21-23-25-27-29-32-36-43-40-44(42-46(41-43)47-45-38-34-31-35-39-45)37-33-30-28-26-24-22-20-18-16-14-12-10-8-6-4-2/h31,34-35,38-42H,3-30,32-33,36-37H2,1-2H3. The molecule has 0 heterocycles. The molecule has 0 saturated carbocycles. The number of hydrogen-bond donors (Lipinski definition) is 0. The summed E-state index contributed by atoms with van der Waals surface area (Å²) in [5.41, 5.74) is 2.92.